The number of fused-ring (bicyclic) bond motifs is 1. The molecule has 2 atom stereocenters. The molecule has 13 heavy (non-hydrogen) atoms. The van der Waals surface area contributed by atoms with E-state index in [1.165, 1.54) is 0 Å². The number of carboxylic acid groups (broad SMARTS) is 1. The van der Waals surface area contributed by atoms with Gasteiger partial charge < -0.3 is 5.11 Å². The van der Waals surface area contributed by atoms with Gasteiger partial charge in [-0.3, -0.25) is 9.59 Å². The van der Waals surface area contributed by atoms with Crippen molar-refractivity contribution in [2.75, 3.05) is 0 Å². The highest BCUT2D eigenvalue weighted by molar-refractivity contribution is 5.88. The Balaban J connectivity index is 2.28. The third kappa shape index (κ3) is 1.18. The summed E-state index contributed by atoms with van der Waals surface area (Å²) in [6.07, 6.45) is 4.36. The molecule has 0 aromatic rings. The third-order valence-corrected chi connectivity index (χ3v) is 3.67. The summed E-state index contributed by atoms with van der Waals surface area (Å²) in [6.45, 7) is 0. The zero-order valence-electron chi connectivity index (χ0n) is 7.58. The summed E-state index contributed by atoms with van der Waals surface area (Å²) in [7, 11) is 0. The average Bonchev–Trinajstić information content (AvgIpc) is 2.47. The number of ketones is 1. The van der Waals surface area contributed by atoms with Crippen LogP contribution in [-0.4, -0.2) is 16.9 Å². The van der Waals surface area contributed by atoms with Gasteiger partial charge in [0.25, 0.3) is 0 Å². The Morgan fingerprint density at radius 1 is 1.46 bits per heavy atom. The lowest BCUT2D eigenvalue weighted by molar-refractivity contribution is -0.156. The van der Waals surface area contributed by atoms with Gasteiger partial charge in [0.15, 0.2) is 0 Å². The van der Waals surface area contributed by atoms with Crippen LogP contribution < -0.4 is 0 Å². The minimum absolute atomic E-state index is 0.139. The molecular weight excluding hydrogens is 168 g/mol. The van der Waals surface area contributed by atoms with Crippen LogP contribution in [0.15, 0.2) is 0 Å². The molecule has 2 aliphatic carbocycles. The van der Waals surface area contributed by atoms with Crippen LogP contribution >= 0.6 is 0 Å². The van der Waals surface area contributed by atoms with E-state index < -0.39 is 11.4 Å². The zero-order chi connectivity index (χ0) is 9.47. The van der Waals surface area contributed by atoms with Crippen LogP contribution in [0.3, 0.4) is 0 Å². The number of rotatable bonds is 1. The topological polar surface area (TPSA) is 54.4 Å². The van der Waals surface area contributed by atoms with Gasteiger partial charge in [0.1, 0.15) is 5.78 Å². The summed E-state index contributed by atoms with van der Waals surface area (Å²) in [6, 6.07) is 0. The van der Waals surface area contributed by atoms with Crippen LogP contribution in [0.25, 0.3) is 0 Å². The molecule has 0 aliphatic heterocycles. The highest BCUT2D eigenvalue weighted by Crippen LogP contribution is 2.51. The van der Waals surface area contributed by atoms with Gasteiger partial charge in [-0.05, 0) is 25.2 Å². The summed E-state index contributed by atoms with van der Waals surface area (Å²) < 4.78 is 0. The second kappa shape index (κ2) is 2.82. The molecule has 2 rings (SSSR count). The summed E-state index contributed by atoms with van der Waals surface area (Å²) >= 11 is 0. The number of hydrogen-bond donors (Lipinski definition) is 1. The SMILES string of the molecule is O=C1CC[C@@H]2CCC[C@]2(C(=O)O)C1. The maximum atomic E-state index is 11.3. The van der Waals surface area contributed by atoms with Crippen LogP contribution in [-0.2, 0) is 9.59 Å². The molecule has 2 saturated carbocycles. The maximum Gasteiger partial charge on any atom is 0.310 e. The fraction of sp³-hybridized carbons (Fsp3) is 0.800. The van der Waals surface area contributed by atoms with Crippen LogP contribution in [0.4, 0.5) is 0 Å². The quantitative estimate of drug-likeness (QED) is 0.670. The van der Waals surface area contributed by atoms with Gasteiger partial charge in [0.2, 0.25) is 0 Å². The minimum Gasteiger partial charge on any atom is -0.481 e. The molecular formula is C10H14O3. The lowest BCUT2D eigenvalue weighted by Gasteiger charge is -2.34. The highest BCUT2D eigenvalue weighted by atomic mass is 16.4. The van der Waals surface area contributed by atoms with Gasteiger partial charge in [-0.15, -0.1) is 0 Å². The maximum absolute atomic E-state index is 11.3. The van der Waals surface area contributed by atoms with E-state index in [4.69, 9.17) is 5.11 Å². The lowest BCUT2D eigenvalue weighted by atomic mass is 9.68. The van der Waals surface area contributed by atoms with Gasteiger partial charge in [-0.25, -0.2) is 0 Å². The van der Waals surface area contributed by atoms with E-state index in [2.05, 4.69) is 0 Å². The monoisotopic (exact) mass is 182 g/mol. The molecule has 0 unspecified atom stereocenters. The van der Waals surface area contributed by atoms with Gasteiger partial charge in [-0.1, -0.05) is 6.42 Å². The van der Waals surface area contributed by atoms with E-state index in [1.807, 2.05) is 0 Å². The van der Waals surface area contributed by atoms with Crippen molar-refractivity contribution in [3.63, 3.8) is 0 Å². The van der Waals surface area contributed by atoms with Crippen molar-refractivity contribution in [1.82, 2.24) is 0 Å². The van der Waals surface area contributed by atoms with Crippen LogP contribution in [0, 0.1) is 11.3 Å². The number of aliphatic carboxylic acids is 1. The molecule has 0 spiro atoms. The van der Waals surface area contributed by atoms with Gasteiger partial charge in [0.05, 0.1) is 5.41 Å². The summed E-state index contributed by atoms with van der Waals surface area (Å²) in [5, 5.41) is 9.16. The molecule has 0 bridgehead atoms. The Kier molecular flexibility index (Phi) is 1.90. The van der Waals surface area contributed by atoms with Gasteiger partial charge >= 0.3 is 5.97 Å². The van der Waals surface area contributed by atoms with Gasteiger partial charge in [-0.2, -0.15) is 0 Å². The highest BCUT2D eigenvalue weighted by Gasteiger charge is 2.52. The summed E-state index contributed by atoms with van der Waals surface area (Å²) in [4.78, 5) is 22.4. The lowest BCUT2D eigenvalue weighted by Crippen LogP contribution is -2.40. The number of hydrogen-bond acceptors (Lipinski definition) is 2. The molecule has 3 heteroatoms. The first kappa shape index (κ1) is 8.73. The number of carbonyl (C=O) groups excluding carboxylic acids is 1. The molecule has 2 aliphatic rings. The smallest absolute Gasteiger partial charge is 0.310 e. The molecule has 0 amide bonds. The standard InChI is InChI=1S/C10H14O3/c11-8-4-3-7-2-1-5-10(7,6-8)9(12)13/h7H,1-6H2,(H,12,13)/t7-,10-/m0/s1. The van der Waals surface area contributed by atoms with E-state index in [0.717, 1.165) is 19.3 Å². The fourth-order valence-electron chi connectivity index (χ4n) is 2.93. The van der Waals surface area contributed by atoms with Crippen molar-refractivity contribution in [2.24, 2.45) is 11.3 Å². The minimum atomic E-state index is -0.747. The average molecular weight is 182 g/mol. The van der Waals surface area contributed by atoms with Crippen molar-refractivity contribution in [1.29, 1.82) is 0 Å². The fourth-order valence-corrected chi connectivity index (χ4v) is 2.93. The molecule has 0 aromatic carbocycles. The Bertz CT molecular complexity index is 259. The largest absolute Gasteiger partial charge is 0.481 e. The first-order valence-corrected chi connectivity index (χ1v) is 4.90. The molecule has 0 aromatic heterocycles. The summed E-state index contributed by atoms with van der Waals surface area (Å²) in [5.41, 5.74) is -0.671. The Labute approximate surface area is 77.1 Å². The summed E-state index contributed by atoms with van der Waals surface area (Å²) in [5.74, 6) is -0.341. The van der Waals surface area contributed by atoms with Crippen molar-refractivity contribution in [2.45, 2.75) is 38.5 Å². The van der Waals surface area contributed by atoms with Crippen molar-refractivity contribution >= 4 is 11.8 Å². The number of Topliss-reactive ketones (excluding diaryl/α,β-unsaturated/α-hetero) is 1. The normalized spacial score (nSPS) is 38.8. The third-order valence-electron chi connectivity index (χ3n) is 3.67. The molecule has 0 radical (unpaired) electrons. The second-order valence-corrected chi connectivity index (χ2v) is 4.30. The van der Waals surface area contributed by atoms with Crippen molar-refractivity contribution in [3.8, 4) is 0 Å². The van der Waals surface area contributed by atoms with E-state index in [-0.39, 0.29) is 18.1 Å². The molecule has 0 heterocycles. The first-order valence-electron chi connectivity index (χ1n) is 4.90. The van der Waals surface area contributed by atoms with Crippen molar-refractivity contribution < 1.29 is 14.7 Å². The van der Waals surface area contributed by atoms with E-state index in [0.29, 0.717) is 12.8 Å². The zero-order valence-corrected chi connectivity index (χ0v) is 7.58. The molecule has 72 valence electrons. The molecule has 0 saturated heterocycles. The Hall–Kier alpha value is -0.860. The number of carboxylic acids is 1. The van der Waals surface area contributed by atoms with Crippen LogP contribution in [0.2, 0.25) is 0 Å². The molecule has 2 fully saturated rings. The Morgan fingerprint density at radius 3 is 2.92 bits per heavy atom. The van der Waals surface area contributed by atoms with E-state index >= 15 is 0 Å². The first-order chi connectivity index (χ1) is 6.15. The molecule has 3 nitrogen and oxygen atoms in total. The van der Waals surface area contributed by atoms with Gasteiger partial charge in [0, 0.05) is 12.8 Å². The van der Waals surface area contributed by atoms with Crippen LogP contribution in [0.5, 0.6) is 0 Å². The molecule has 1 N–H and O–H groups in total. The predicted molar refractivity (Wildman–Crippen MR) is 46.3 cm³/mol. The van der Waals surface area contributed by atoms with E-state index in [1.54, 1.807) is 0 Å². The van der Waals surface area contributed by atoms with E-state index in [9.17, 15) is 9.59 Å². The van der Waals surface area contributed by atoms with Crippen LogP contribution in [0.1, 0.15) is 38.5 Å². The van der Waals surface area contributed by atoms with Crippen molar-refractivity contribution in [3.05, 3.63) is 0 Å². The predicted octanol–water partition coefficient (Wildman–Crippen LogP) is 1.61. The Morgan fingerprint density at radius 2 is 2.23 bits per heavy atom. The second-order valence-electron chi connectivity index (χ2n) is 4.30. The number of carbonyl (C=O) groups is 2.